The SMILES string of the molecule is OC[C@H]1O[C@@H](OC[C@H]2O[C@H](OC[C@H]3O[C@@H](OC[C@H]4O[C@H](O[C@]5(CO)O[C@H](CO)[C@@H](O)[C@@H]5O)[C@H](O)[C@@H](O)[C@@H]4O)[C@H](O)[C@@H](O)[C@H]3O)[C@H](O)[C@@H](O)[C@H]2O)[C@H](O)[C@@H](O)[C@H]1O. The van der Waals surface area contributed by atoms with Gasteiger partial charge in [-0.25, -0.2) is 0 Å². The van der Waals surface area contributed by atoms with Gasteiger partial charge in [0.25, 0.3) is 0 Å². The van der Waals surface area contributed by atoms with Crippen LogP contribution < -0.4 is 0 Å². The Hall–Kier alpha value is -1.04. The monoisotopic (exact) mass is 828 g/mol. The second-order valence-electron chi connectivity index (χ2n) is 14.1. The van der Waals surface area contributed by atoms with Gasteiger partial charge in [0.2, 0.25) is 5.79 Å². The molecule has 5 aliphatic heterocycles. The fourth-order valence-electron chi connectivity index (χ4n) is 6.78. The first kappa shape index (κ1) is 46.0. The average Bonchev–Trinajstić information content (AvgIpc) is 3.43. The summed E-state index contributed by atoms with van der Waals surface area (Å²) >= 11 is 0. The number of hydrogen-bond donors (Lipinski definition) is 17. The number of hydrogen-bond acceptors (Lipinski definition) is 26. The van der Waals surface area contributed by atoms with E-state index in [9.17, 15) is 86.8 Å². The quantitative estimate of drug-likeness (QED) is 0.0773. The molecular formula is C30H52O26. The Bertz CT molecular complexity index is 1220. The van der Waals surface area contributed by atoms with Crippen LogP contribution in [0.4, 0.5) is 0 Å². The molecule has 5 aliphatic rings. The van der Waals surface area contributed by atoms with E-state index >= 15 is 0 Å². The predicted octanol–water partition coefficient (Wildman–Crippen LogP) is -11.9. The molecule has 5 saturated heterocycles. The van der Waals surface area contributed by atoms with Crippen LogP contribution in [-0.2, 0) is 42.6 Å². The van der Waals surface area contributed by atoms with Crippen molar-refractivity contribution >= 4 is 0 Å². The highest BCUT2D eigenvalue weighted by atomic mass is 16.8. The summed E-state index contributed by atoms with van der Waals surface area (Å²) in [5.41, 5.74) is 0. The average molecular weight is 829 g/mol. The van der Waals surface area contributed by atoms with Crippen molar-refractivity contribution in [3.05, 3.63) is 0 Å². The predicted molar refractivity (Wildman–Crippen MR) is 167 cm³/mol. The molecule has 0 radical (unpaired) electrons. The highest BCUT2D eigenvalue weighted by Crippen LogP contribution is 2.36. The van der Waals surface area contributed by atoms with Crippen molar-refractivity contribution in [3.8, 4) is 0 Å². The molecule has 0 aliphatic carbocycles. The third-order valence-electron chi connectivity index (χ3n) is 10.4. The smallest absolute Gasteiger partial charge is 0.224 e. The number of aliphatic hydroxyl groups is 17. The zero-order valence-electron chi connectivity index (χ0n) is 29.3. The highest BCUT2D eigenvalue weighted by Gasteiger charge is 2.59. The zero-order chi connectivity index (χ0) is 41.4. The fourth-order valence-corrected chi connectivity index (χ4v) is 6.78. The van der Waals surface area contributed by atoms with E-state index in [4.69, 9.17) is 42.6 Å². The molecule has 17 N–H and O–H groups in total. The third kappa shape index (κ3) is 9.16. The van der Waals surface area contributed by atoms with Crippen LogP contribution >= 0.6 is 0 Å². The summed E-state index contributed by atoms with van der Waals surface area (Å²) in [6.07, 6.45) is -41.3. The van der Waals surface area contributed by atoms with E-state index in [1.807, 2.05) is 0 Å². The molecule has 5 heterocycles. The second-order valence-corrected chi connectivity index (χ2v) is 14.1. The summed E-state index contributed by atoms with van der Waals surface area (Å²) in [5, 5.41) is 174. The van der Waals surface area contributed by atoms with E-state index in [1.54, 1.807) is 0 Å². The van der Waals surface area contributed by atoms with E-state index in [1.165, 1.54) is 0 Å². The largest absolute Gasteiger partial charge is 0.394 e. The Morgan fingerprint density at radius 3 is 1.02 bits per heavy atom. The summed E-state index contributed by atoms with van der Waals surface area (Å²) in [6, 6.07) is 0. The molecule has 0 aromatic rings. The molecule has 5 fully saturated rings. The summed E-state index contributed by atoms with van der Waals surface area (Å²) in [6.45, 7) is -4.94. The van der Waals surface area contributed by atoms with Crippen LogP contribution in [0.15, 0.2) is 0 Å². The summed E-state index contributed by atoms with van der Waals surface area (Å²) in [7, 11) is 0. The van der Waals surface area contributed by atoms with Gasteiger partial charge in [0.05, 0.1) is 33.0 Å². The van der Waals surface area contributed by atoms with Crippen molar-refractivity contribution in [2.75, 3.05) is 39.6 Å². The lowest BCUT2D eigenvalue weighted by molar-refractivity contribution is -0.388. The summed E-state index contributed by atoms with van der Waals surface area (Å²) < 4.78 is 48.8. The van der Waals surface area contributed by atoms with Crippen molar-refractivity contribution in [1.82, 2.24) is 0 Å². The van der Waals surface area contributed by atoms with E-state index < -0.39 is 187 Å². The van der Waals surface area contributed by atoms with Crippen LogP contribution in [-0.4, -0.2) is 273 Å². The van der Waals surface area contributed by atoms with Gasteiger partial charge in [-0.3, -0.25) is 0 Å². The number of rotatable bonds is 14. The molecule has 0 aromatic heterocycles. The Morgan fingerprint density at radius 2 is 0.679 bits per heavy atom. The zero-order valence-corrected chi connectivity index (χ0v) is 29.3. The second kappa shape index (κ2) is 19.1. The molecule has 24 atom stereocenters. The molecule has 0 aromatic carbocycles. The van der Waals surface area contributed by atoms with E-state index in [2.05, 4.69) is 0 Å². The maximum atomic E-state index is 10.6. The number of ether oxygens (including phenoxy) is 9. The summed E-state index contributed by atoms with van der Waals surface area (Å²) in [4.78, 5) is 0. The first-order valence-corrected chi connectivity index (χ1v) is 17.6. The molecule has 0 saturated carbocycles. The van der Waals surface area contributed by atoms with Gasteiger partial charge in [-0.05, 0) is 0 Å². The van der Waals surface area contributed by atoms with Crippen LogP contribution in [0.5, 0.6) is 0 Å². The minimum atomic E-state index is -2.47. The minimum absolute atomic E-state index is 0.677. The fraction of sp³-hybridized carbons (Fsp3) is 1.00. The molecule has 26 nitrogen and oxygen atoms in total. The van der Waals surface area contributed by atoms with Crippen molar-refractivity contribution in [2.45, 2.75) is 147 Å². The first-order valence-electron chi connectivity index (χ1n) is 17.6. The molecule has 26 heteroatoms. The van der Waals surface area contributed by atoms with Crippen LogP contribution in [0.3, 0.4) is 0 Å². The van der Waals surface area contributed by atoms with Crippen molar-refractivity contribution in [3.63, 3.8) is 0 Å². The standard InChI is InChI=1S/C30H52O26/c31-1-7-12(34)17(39)21(43)26(51-7)48-3-9-13(35)18(40)22(44)27(52-9)49-4-10-14(36)19(41)23(45)28(53-10)50-5-11-15(37)20(42)24(46)29(54-11)56-30(6-33)25(47)16(38)8(2-32)55-30/h7-29,31-47H,1-6H2/t7-,8-,9-,10-,11-,12+,13+,14+,15-,16-,17+,18+,19+,20+,21-,22-,23-,24-,25+,26-,27+,28-,29-,30+/m1/s1. The van der Waals surface area contributed by atoms with Crippen molar-refractivity contribution < 1.29 is 129 Å². The molecule has 0 bridgehead atoms. The van der Waals surface area contributed by atoms with Crippen molar-refractivity contribution in [2.24, 2.45) is 0 Å². The maximum Gasteiger partial charge on any atom is 0.224 e. The Labute approximate surface area is 316 Å². The molecule has 0 amide bonds. The maximum absolute atomic E-state index is 10.6. The molecule has 0 unspecified atom stereocenters. The first-order chi connectivity index (χ1) is 26.4. The molecule has 5 rings (SSSR count). The lowest BCUT2D eigenvalue weighted by Crippen LogP contribution is -2.64. The van der Waals surface area contributed by atoms with Gasteiger partial charge in [-0.15, -0.1) is 0 Å². The van der Waals surface area contributed by atoms with Crippen LogP contribution in [0.1, 0.15) is 0 Å². The Kier molecular flexibility index (Phi) is 15.7. The highest BCUT2D eigenvalue weighted by molar-refractivity contribution is 4.99. The van der Waals surface area contributed by atoms with Gasteiger partial charge < -0.3 is 129 Å². The van der Waals surface area contributed by atoms with Crippen LogP contribution in [0.25, 0.3) is 0 Å². The van der Waals surface area contributed by atoms with Gasteiger partial charge in [0.15, 0.2) is 25.2 Å². The third-order valence-corrected chi connectivity index (χ3v) is 10.4. The van der Waals surface area contributed by atoms with Crippen LogP contribution in [0.2, 0.25) is 0 Å². The lowest BCUT2D eigenvalue weighted by atomic mass is 9.97. The van der Waals surface area contributed by atoms with E-state index in [-0.39, 0.29) is 0 Å². The topological polar surface area (TPSA) is 427 Å². The van der Waals surface area contributed by atoms with Crippen LogP contribution in [0, 0.1) is 0 Å². The van der Waals surface area contributed by atoms with Gasteiger partial charge in [-0.1, -0.05) is 0 Å². The Balaban J connectivity index is 1.18. The molecule has 0 spiro atoms. The normalized spacial score (nSPS) is 53.0. The summed E-state index contributed by atoms with van der Waals surface area (Å²) in [5.74, 6) is -2.47. The van der Waals surface area contributed by atoms with Gasteiger partial charge in [0, 0.05) is 0 Å². The van der Waals surface area contributed by atoms with E-state index in [0.717, 1.165) is 0 Å². The van der Waals surface area contributed by atoms with Gasteiger partial charge in [-0.2, -0.15) is 0 Å². The molecule has 328 valence electrons. The van der Waals surface area contributed by atoms with Gasteiger partial charge in [0.1, 0.15) is 123 Å². The number of aliphatic hydroxyl groups excluding tert-OH is 17. The van der Waals surface area contributed by atoms with Crippen molar-refractivity contribution in [1.29, 1.82) is 0 Å². The minimum Gasteiger partial charge on any atom is -0.394 e. The molecule has 56 heavy (non-hydrogen) atoms. The molecular weight excluding hydrogens is 776 g/mol. The lowest BCUT2D eigenvalue weighted by Gasteiger charge is -2.45. The van der Waals surface area contributed by atoms with Gasteiger partial charge >= 0.3 is 0 Å². The van der Waals surface area contributed by atoms with E-state index in [0.29, 0.717) is 0 Å². The Morgan fingerprint density at radius 1 is 0.357 bits per heavy atom.